The van der Waals surface area contributed by atoms with Gasteiger partial charge in [-0.3, -0.25) is 14.5 Å². The zero-order chi connectivity index (χ0) is 26.9. The van der Waals surface area contributed by atoms with Crippen LogP contribution in [0.4, 0.5) is 9.18 Å². The molecule has 0 aromatic heterocycles. The first-order valence-corrected chi connectivity index (χ1v) is 12.2. The van der Waals surface area contributed by atoms with Gasteiger partial charge in [-0.1, -0.05) is 57.2 Å². The second-order valence-corrected chi connectivity index (χ2v) is 11.6. The average Bonchev–Trinajstić information content (AvgIpc) is 3.04. The quantitative estimate of drug-likeness (QED) is 0.513. The van der Waals surface area contributed by atoms with Gasteiger partial charge in [0.05, 0.1) is 0 Å². The summed E-state index contributed by atoms with van der Waals surface area (Å²) >= 11 is 0. The fourth-order valence-corrected chi connectivity index (χ4v) is 4.77. The van der Waals surface area contributed by atoms with Gasteiger partial charge in [0.25, 0.3) is 0 Å². The molecule has 196 valence electrons. The minimum absolute atomic E-state index is 0.0802. The summed E-state index contributed by atoms with van der Waals surface area (Å²) in [5, 5.41) is 0. The molecule has 0 saturated carbocycles. The highest BCUT2D eigenvalue weighted by molar-refractivity contribution is 5.89. The molecule has 0 spiro atoms. The third kappa shape index (κ3) is 5.97. The van der Waals surface area contributed by atoms with Crippen molar-refractivity contribution >= 4 is 18.3 Å². The van der Waals surface area contributed by atoms with Crippen LogP contribution in [0.2, 0.25) is 0 Å². The number of rotatable bonds is 6. The smallest absolute Gasteiger partial charge is 0.412 e. The molecule has 1 fully saturated rings. The summed E-state index contributed by atoms with van der Waals surface area (Å²) < 4.78 is 27.3. The molecule has 8 heteroatoms. The Kier molecular flexibility index (Phi) is 7.67. The van der Waals surface area contributed by atoms with Gasteiger partial charge in [-0.05, 0) is 38.8 Å². The molecule has 7 nitrogen and oxygen atoms in total. The molecule has 1 aliphatic carbocycles. The van der Waals surface area contributed by atoms with E-state index >= 15 is 4.39 Å². The van der Waals surface area contributed by atoms with Gasteiger partial charge in [-0.25, -0.2) is 9.18 Å². The molecule has 0 bridgehead atoms. The van der Waals surface area contributed by atoms with Gasteiger partial charge < -0.3 is 14.4 Å². The maximum Gasteiger partial charge on any atom is 0.412 e. The number of hydrogen-bond acceptors (Lipinski definition) is 5. The van der Waals surface area contributed by atoms with Crippen LogP contribution in [-0.2, 0) is 25.7 Å². The van der Waals surface area contributed by atoms with E-state index in [1.165, 1.54) is 9.80 Å². The van der Waals surface area contributed by atoms with Crippen molar-refractivity contribution in [3.05, 3.63) is 59.9 Å². The molecule has 1 heterocycles. The lowest BCUT2D eigenvalue weighted by molar-refractivity contribution is -0.130. The lowest BCUT2D eigenvalue weighted by Gasteiger charge is -2.40. The molecule has 1 saturated heterocycles. The third-order valence-electron chi connectivity index (χ3n) is 6.31. The average molecular weight is 501 g/mol. The SMILES string of the molecule is CN1C(=O)C(CC2C=CC(OCc3ccccc3)=CC2(F)C=O)N(C(=O)OC(C)(C)C)C1C(C)(C)C. The predicted octanol–water partition coefficient (Wildman–Crippen LogP) is 5.02. The highest BCUT2D eigenvalue weighted by atomic mass is 19.1. The number of nitrogens with zero attached hydrogens (tertiary/aromatic N) is 2. The highest BCUT2D eigenvalue weighted by Crippen LogP contribution is 2.40. The number of hydrogen-bond donors (Lipinski definition) is 0. The van der Waals surface area contributed by atoms with Gasteiger partial charge in [0.2, 0.25) is 5.91 Å². The first kappa shape index (κ1) is 27.4. The van der Waals surface area contributed by atoms with Crippen molar-refractivity contribution in [1.29, 1.82) is 0 Å². The van der Waals surface area contributed by atoms with Crippen LogP contribution < -0.4 is 0 Å². The maximum absolute atomic E-state index is 15.9. The molecular weight excluding hydrogens is 463 g/mol. The van der Waals surface area contributed by atoms with Gasteiger partial charge in [0, 0.05) is 24.5 Å². The fraction of sp³-hybridized carbons (Fsp3) is 0.536. The van der Waals surface area contributed by atoms with Crippen LogP contribution >= 0.6 is 0 Å². The molecular formula is C28H37FN2O5. The van der Waals surface area contributed by atoms with Crippen molar-refractivity contribution in [2.45, 2.75) is 78.0 Å². The van der Waals surface area contributed by atoms with Crippen molar-refractivity contribution in [1.82, 2.24) is 9.80 Å². The molecule has 0 N–H and O–H groups in total. The first-order chi connectivity index (χ1) is 16.7. The fourth-order valence-electron chi connectivity index (χ4n) is 4.77. The van der Waals surface area contributed by atoms with Crippen molar-refractivity contribution in [3.63, 3.8) is 0 Å². The first-order valence-electron chi connectivity index (χ1n) is 12.2. The van der Waals surface area contributed by atoms with Gasteiger partial charge in [0.1, 0.15) is 30.2 Å². The van der Waals surface area contributed by atoms with Gasteiger partial charge in [0.15, 0.2) is 12.0 Å². The number of ether oxygens (including phenoxy) is 2. The number of amides is 2. The van der Waals surface area contributed by atoms with E-state index in [4.69, 9.17) is 9.47 Å². The summed E-state index contributed by atoms with van der Waals surface area (Å²) in [6.07, 6.45) is 3.20. The Morgan fingerprint density at radius 1 is 1.14 bits per heavy atom. The van der Waals surface area contributed by atoms with Crippen LogP contribution in [0.25, 0.3) is 0 Å². The van der Waals surface area contributed by atoms with E-state index in [1.54, 1.807) is 40.0 Å². The zero-order valence-corrected chi connectivity index (χ0v) is 22.2. The van der Waals surface area contributed by atoms with Gasteiger partial charge in [-0.15, -0.1) is 0 Å². The Hall–Kier alpha value is -3.16. The number of aldehydes is 1. The lowest BCUT2D eigenvalue weighted by atomic mass is 9.81. The van der Waals surface area contributed by atoms with E-state index in [9.17, 15) is 14.4 Å². The number of likely N-dealkylation sites (N-methyl/N-ethyl adjacent to an activating group) is 1. The minimum atomic E-state index is -2.39. The van der Waals surface area contributed by atoms with Crippen molar-refractivity contribution in [3.8, 4) is 0 Å². The number of alkyl halides is 1. The molecule has 1 aromatic carbocycles. The molecule has 1 aromatic rings. The second-order valence-electron chi connectivity index (χ2n) is 11.6. The molecule has 4 unspecified atom stereocenters. The topological polar surface area (TPSA) is 76.2 Å². The summed E-state index contributed by atoms with van der Waals surface area (Å²) in [5.74, 6) is -1.06. The molecule has 2 amide bonds. The Bertz CT molecular complexity index is 1040. The monoisotopic (exact) mass is 500 g/mol. The zero-order valence-electron chi connectivity index (χ0n) is 22.2. The largest absolute Gasteiger partial charge is 0.489 e. The van der Waals surface area contributed by atoms with E-state index < -0.39 is 40.9 Å². The van der Waals surface area contributed by atoms with Crippen LogP contribution in [0.1, 0.15) is 53.5 Å². The minimum Gasteiger partial charge on any atom is -0.489 e. The van der Waals surface area contributed by atoms with Crippen molar-refractivity contribution in [2.75, 3.05) is 7.05 Å². The summed E-state index contributed by atoms with van der Waals surface area (Å²) in [7, 11) is 1.63. The molecule has 3 rings (SSSR count). The number of benzene rings is 1. The molecule has 4 atom stereocenters. The Morgan fingerprint density at radius 2 is 1.78 bits per heavy atom. The van der Waals surface area contributed by atoms with Crippen LogP contribution in [0.5, 0.6) is 0 Å². The summed E-state index contributed by atoms with van der Waals surface area (Å²) in [6, 6.07) is 8.43. The van der Waals surface area contributed by atoms with Crippen molar-refractivity contribution < 1.29 is 28.2 Å². The summed E-state index contributed by atoms with van der Waals surface area (Å²) in [6.45, 7) is 11.2. The Labute approximate surface area is 212 Å². The molecule has 1 aliphatic heterocycles. The summed E-state index contributed by atoms with van der Waals surface area (Å²) in [4.78, 5) is 41.5. The highest BCUT2D eigenvalue weighted by Gasteiger charge is 2.54. The van der Waals surface area contributed by atoms with Gasteiger partial charge >= 0.3 is 6.09 Å². The molecule has 36 heavy (non-hydrogen) atoms. The number of halogens is 1. The normalized spacial score (nSPS) is 26.6. The number of carbonyl (C=O) groups is 3. The standard InChI is InChI=1S/C28H37FN2O5/c1-26(2,3)24-30(7)23(33)22(31(24)25(34)36-27(4,5)6)15-20-13-14-21(16-28(20,29)18-32)35-17-19-11-9-8-10-12-19/h8-14,16,18,20,22,24H,15,17H2,1-7H3. The van der Waals surface area contributed by atoms with Crippen LogP contribution in [0, 0.1) is 11.3 Å². The molecule has 2 aliphatic rings. The second kappa shape index (κ2) is 10.1. The lowest BCUT2D eigenvalue weighted by Crippen LogP contribution is -2.52. The van der Waals surface area contributed by atoms with E-state index in [0.29, 0.717) is 0 Å². The van der Waals surface area contributed by atoms with Gasteiger partial charge in [-0.2, -0.15) is 0 Å². The summed E-state index contributed by atoms with van der Waals surface area (Å²) in [5.41, 5.74) is -2.75. The Morgan fingerprint density at radius 3 is 2.33 bits per heavy atom. The Balaban J connectivity index is 1.85. The predicted molar refractivity (Wildman–Crippen MR) is 134 cm³/mol. The van der Waals surface area contributed by atoms with Crippen LogP contribution in [0.15, 0.2) is 54.3 Å². The van der Waals surface area contributed by atoms with E-state index in [0.717, 1.165) is 11.6 Å². The van der Waals surface area contributed by atoms with E-state index in [2.05, 4.69) is 0 Å². The van der Waals surface area contributed by atoms with Crippen LogP contribution in [0.3, 0.4) is 0 Å². The molecule has 0 radical (unpaired) electrons. The van der Waals surface area contributed by atoms with E-state index in [1.807, 2.05) is 51.1 Å². The third-order valence-corrected chi connectivity index (χ3v) is 6.31. The number of carbonyl (C=O) groups excluding carboxylic acids is 3. The number of allylic oxidation sites excluding steroid dienone is 3. The van der Waals surface area contributed by atoms with Crippen molar-refractivity contribution in [2.24, 2.45) is 11.3 Å². The van der Waals surface area contributed by atoms with E-state index in [-0.39, 0.29) is 31.0 Å². The maximum atomic E-state index is 15.9. The van der Waals surface area contributed by atoms with Crippen LogP contribution in [-0.4, -0.2) is 58.6 Å².